The predicted octanol–water partition coefficient (Wildman–Crippen LogP) is 3.34. The molecule has 4 rings (SSSR count). The van der Waals surface area contributed by atoms with E-state index in [-0.39, 0.29) is 50.7 Å². The molecule has 0 amide bonds. The van der Waals surface area contributed by atoms with Gasteiger partial charge in [0.25, 0.3) is 10.0 Å². The maximum absolute atomic E-state index is 13.3. The van der Waals surface area contributed by atoms with Crippen molar-refractivity contribution < 1.29 is 18.3 Å². The third kappa shape index (κ3) is 4.64. The van der Waals surface area contributed by atoms with Crippen molar-refractivity contribution in [3.8, 4) is 0 Å². The molecular weight excluding hydrogens is 489 g/mol. The molecule has 170 valence electrons. The molecule has 0 aliphatic heterocycles. The molecule has 0 atom stereocenters. The highest BCUT2D eigenvalue weighted by Crippen LogP contribution is 2.28. The van der Waals surface area contributed by atoms with Gasteiger partial charge in [-0.1, -0.05) is 35.3 Å². The topological polar surface area (TPSA) is 140 Å². The normalized spacial score (nSPS) is 11.6. The summed E-state index contributed by atoms with van der Waals surface area (Å²) in [7, 11) is -4.01. The zero-order valence-electron chi connectivity index (χ0n) is 16.9. The highest BCUT2D eigenvalue weighted by molar-refractivity contribution is 7.92. The molecule has 0 spiro atoms. The van der Waals surface area contributed by atoms with Crippen molar-refractivity contribution in [3.63, 3.8) is 0 Å². The summed E-state index contributed by atoms with van der Waals surface area (Å²) < 4.78 is 29.6. The Kier molecular flexibility index (Phi) is 6.26. The van der Waals surface area contributed by atoms with Gasteiger partial charge in [0.15, 0.2) is 5.78 Å². The first kappa shape index (κ1) is 23.0. The van der Waals surface area contributed by atoms with Gasteiger partial charge in [0, 0.05) is 34.0 Å². The molecular formula is C21H17Cl2N5O4S. The average molecular weight is 506 g/mol. The molecule has 33 heavy (non-hydrogen) atoms. The Labute approximate surface area is 198 Å². The number of halogens is 2. The first-order valence-electron chi connectivity index (χ1n) is 9.53. The predicted molar refractivity (Wildman–Crippen MR) is 126 cm³/mol. The number of ketones is 1. The molecule has 2 heterocycles. The summed E-state index contributed by atoms with van der Waals surface area (Å²) in [6.07, 6.45) is 2.82. The quantitative estimate of drug-likeness (QED) is 0.327. The number of nitrogens with two attached hydrogens (primary N) is 1. The fraction of sp³-hybridized carbons (Fsp3) is 0.0952. The van der Waals surface area contributed by atoms with E-state index in [2.05, 4.69) is 14.7 Å². The van der Waals surface area contributed by atoms with Crippen LogP contribution < -0.4 is 10.5 Å². The van der Waals surface area contributed by atoms with Crippen LogP contribution in [0, 0.1) is 0 Å². The highest BCUT2D eigenvalue weighted by Gasteiger charge is 2.21. The number of hydrogen-bond donors (Lipinski definition) is 3. The zero-order chi connectivity index (χ0) is 23.8. The van der Waals surface area contributed by atoms with Gasteiger partial charge in [0.05, 0.1) is 22.5 Å². The van der Waals surface area contributed by atoms with E-state index in [1.54, 1.807) is 22.9 Å². The van der Waals surface area contributed by atoms with Crippen molar-refractivity contribution >= 4 is 61.5 Å². The minimum absolute atomic E-state index is 0.117. The first-order chi connectivity index (χ1) is 15.7. The van der Waals surface area contributed by atoms with E-state index in [4.69, 9.17) is 28.9 Å². The number of aromatic nitrogens is 3. The summed E-state index contributed by atoms with van der Waals surface area (Å²) >= 11 is 11.8. The van der Waals surface area contributed by atoms with Crippen LogP contribution in [0.3, 0.4) is 0 Å². The average Bonchev–Trinajstić information content (AvgIpc) is 3.12. The van der Waals surface area contributed by atoms with Gasteiger partial charge >= 0.3 is 0 Å². The van der Waals surface area contributed by atoms with Gasteiger partial charge in [0.1, 0.15) is 17.8 Å². The summed E-state index contributed by atoms with van der Waals surface area (Å²) in [6.45, 7) is 0.0500. The Morgan fingerprint density at radius 3 is 2.55 bits per heavy atom. The van der Waals surface area contributed by atoms with Crippen LogP contribution in [-0.4, -0.2) is 40.4 Å². The maximum Gasteiger partial charge on any atom is 0.261 e. The van der Waals surface area contributed by atoms with Gasteiger partial charge in [0.2, 0.25) is 0 Å². The Balaban J connectivity index is 1.71. The lowest BCUT2D eigenvalue weighted by Gasteiger charge is -2.10. The summed E-state index contributed by atoms with van der Waals surface area (Å²) in [5.41, 5.74) is 7.02. The molecule has 0 fully saturated rings. The number of rotatable bonds is 7. The molecule has 0 unspecified atom stereocenters. The molecule has 2 aromatic carbocycles. The Bertz CT molecular complexity index is 1470. The van der Waals surface area contributed by atoms with E-state index in [0.29, 0.717) is 11.0 Å². The van der Waals surface area contributed by atoms with Crippen LogP contribution in [0.15, 0.2) is 59.9 Å². The lowest BCUT2D eigenvalue weighted by molar-refractivity contribution is 0.104. The van der Waals surface area contributed by atoms with Crippen LogP contribution in [0.2, 0.25) is 10.0 Å². The monoisotopic (exact) mass is 505 g/mol. The van der Waals surface area contributed by atoms with Crippen LogP contribution in [0.4, 0.5) is 11.5 Å². The summed E-state index contributed by atoms with van der Waals surface area (Å²) in [4.78, 5) is 21.3. The van der Waals surface area contributed by atoms with Crippen LogP contribution in [0.5, 0.6) is 0 Å². The van der Waals surface area contributed by atoms with Crippen molar-refractivity contribution in [1.82, 2.24) is 14.5 Å². The molecule has 0 aliphatic rings. The highest BCUT2D eigenvalue weighted by atomic mass is 35.5. The molecule has 4 aromatic rings. The van der Waals surface area contributed by atoms with Crippen LogP contribution in [-0.2, 0) is 16.6 Å². The molecule has 4 N–H and O–H groups in total. The van der Waals surface area contributed by atoms with Crippen molar-refractivity contribution in [2.45, 2.75) is 11.4 Å². The van der Waals surface area contributed by atoms with Gasteiger partial charge < -0.3 is 15.4 Å². The van der Waals surface area contributed by atoms with E-state index in [0.717, 1.165) is 0 Å². The fourth-order valence-corrected chi connectivity index (χ4v) is 5.15. The van der Waals surface area contributed by atoms with Gasteiger partial charge in [-0.15, -0.1) is 0 Å². The second-order valence-electron chi connectivity index (χ2n) is 7.04. The second kappa shape index (κ2) is 8.99. The number of nitrogens with one attached hydrogen (secondary N) is 1. The number of benzene rings is 2. The van der Waals surface area contributed by atoms with Crippen molar-refractivity contribution in [2.24, 2.45) is 0 Å². The number of aliphatic hydroxyl groups excluding tert-OH is 1. The first-order valence-corrected chi connectivity index (χ1v) is 11.8. The van der Waals surface area contributed by atoms with Crippen molar-refractivity contribution in [3.05, 3.63) is 76.2 Å². The Morgan fingerprint density at radius 2 is 1.85 bits per heavy atom. The maximum atomic E-state index is 13.3. The number of nitrogens with zero attached hydrogens (tertiary/aromatic N) is 3. The van der Waals surface area contributed by atoms with Gasteiger partial charge in [-0.2, -0.15) is 0 Å². The zero-order valence-corrected chi connectivity index (χ0v) is 19.2. The number of fused-ring (bicyclic) bond motifs is 1. The number of sulfonamides is 1. The van der Waals surface area contributed by atoms with E-state index in [1.165, 1.54) is 36.7 Å². The number of nitrogen functional groups attached to an aromatic ring is 1. The lowest BCUT2D eigenvalue weighted by atomic mass is 10.0. The summed E-state index contributed by atoms with van der Waals surface area (Å²) in [5.74, 6) is -0.292. The molecule has 2 aromatic heterocycles. The molecule has 0 bridgehead atoms. The number of carbonyl (C=O) groups is 1. The minimum Gasteiger partial charge on any atom is -0.395 e. The van der Waals surface area contributed by atoms with Gasteiger partial charge in [-0.05, 0) is 30.3 Å². The lowest BCUT2D eigenvalue weighted by Crippen LogP contribution is -2.13. The van der Waals surface area contributed by atoms with Gasteiger partial charge in [-0.3, -0.25) is 9.52 Å². The standard InChI is InChI=1S/C21H17Cl2N5O4S/c22-13-7-14(23)9-16(8-13)33(31,32)27-15-3-1-2-12(6-15)19(30)17-10-28(4-5-29)21-18(17)20(24)25-11-26-21/h1-3,6-11,27,29H,4-5H2,(H2,24,25,26). The summed E-state index contributed by atoms with van der Waals surface area (Å²) in [6, 6.07) is 9.96. The van der Waals surface area contributed by atoms with Crippen LogP contribution >= 0.6 is 23.2 Å². The molecule has 0 radical (unpaired) electrons. The minimum atomic E-state index is -4.01. The summed E-state index contributed by atoms with van der Waals surface area (Å²) in [5, 5.41) is 10.0. The third-order valence-corrected chi connectivity index (χ3v) is 6.59. The Hall–Kier alpha value is -3.18. The van der Waals surface area contributed by atoms with E-state index in [9.17, 15) is 18.3 Å². The third-order valence-electron chi connectivity index (χ3n) is 4.79. The number of hydrogen-bond acceptors (Lipinski definition) is 7. The molecule has 0 aliphatic carbocycles. The smallest absolute Gasteiger partial charge is 0.261 e. The van der Waals surface area contributed by atoms with Crippen molar-refractivity contribution in [2.75, 3.05) is 17.1 Å². The van der Waals surface area contributed by atoms with Crippen LogP contribution in [0.1, 0.15) is 15.9 Å². The Morgan fingerprint density at radius 1 is 1.12 bits per heavy atom. The SMILES string of the molecule is Nc1ncnc2c1c(C(=O)c1cccc(NS(=O)(=O)c3cc(Cl)cc(Cl)c3)c1)cn2CCO. The number of anilines is 2. The molecule has 0 saturated heterocycles. The van der Waals surface area contributed by atoms with Gasteiger partial charge in [-0.25, -0.2) is 18.4 Å². The van der Waals surface area contributed by atoms with E-state index < -0.39 is 15.8 Å². The van der Waals surface area contributed by atoms with E-state index >= 15 is 0 Å². The number of carbonyl (C=O) groups excluding carboxylic acids is 1. The van der Waals surface area contributed by atoms with E-state index in [1.807, 2.05) is 0 Å². The molecule has 0 saturated carbocycles. The number of aliphatic hydroxyl groups is 1. The molecule has 12 heteroatoms. The second-order valence-corrected chi connectivity index (χ2v) is 9.59. The largest absolute Gasteiger partial charge is 0.395 e. The van der Waals surface area contributed by atoms with Crippen LogP contribution in [0.25, 0.3) is 11.0 Å². The molecule has 9 nitrogen and oxygen atoms in total. The fourth-order valence-electron chi connectivity index (χ4n) is 3.37. The van der Waals surface area contributed by atoms with Crippen molar-refractivity contribution in [1.29, 1.82) is 0 Å².